The van der Waals surface area contributed by atoms with Crippen LogP contribution in [0.4, 0.5) is 0 Å². The van der Waals surface area contributed by atoms with Crippen molar-refractivity contribution in [2.75, 3.05) is 13.1 Å². The van der Waals surface area contributed by atoms with E-state index in [2.05, 4.69) is 15.3 Å². The van der Waals surface area contributed by atoms with Gasteiger partial charge in [0.1, 0.15) is 11.3 Å². The predicted molar refractivity (Wildman–Crippen MR) is 95.3 cm³/mol. The first-order chi connectivity index (χ1) is 11.9. The summed E-state index contributed by atoms with van der Waals surface area (Å²) in [6.07, 6.45) is 3.14. The van der Waals surface area contributed by atoms with Crippen LogP contribution in [0.3, 0.4) is 0 Å². The molecule has 1 aromatic carbocycles. The largest absolute Gasteiger partial charge is 0.243 e. The highest BCUT2D eigenvalue weighted by molar-refractivity contribution is 7.89. The van der Waals surface area contributed by atoms with Crippen molar-refractivity contribution < 1.29 is 8.42 Å². The third kappa shape index (κ3) is 2.96. The first-order valence-electron chi connectivity index (χ1n) is 8.19. The Kier molecular flexibility index (Phi) is 4.09. The lowest BCUT2D eigenvalue weighted by Crippen LogP contribution is -2.38. The lowest BCUT2D eigenvalue weighted by Gasteiger charge is -2.30. The monoisotopic (exact) mass is 377 g/mol. The molecule has 0 N–H and O–H groups in total. The van der Waals surface area contributed by atoms with E-state index in [4.69, 9.17) is 0 Å². The maximum absolute atomic E-state index is 13.0. The number of nitrogens with zero attached hydrogens (tertiary/aromatic N) is 5. The van der Waals surface area contributed by atoms with Crippen molar-refractivity contribution in [3.63, 3.8) is 0 Å². The van der Waals surface area contributed by atoms with Gasteiger partial charge >= 0.3 is 0 Å². The third-order valence-electron chi connectivity index (χ3n) is 4.65. The van der Waals surface area contributed by atoms with Crippen molar-refractivity contribution in [1.82, 2.24) is 24.1 Å². The van der Waals surface area contributed by atoms with Gasteiger partial charge in [0.15, 0.2) is 0 Å². The van der Waals surface area contributed by atoms with Crippen LogP contribution < -0.4 is 0 Å². The fourth-order valence-corrected chi connectivity index (χ4v) is 5.97. The molecule has 9 heteroatoms. The number of rotatable bonds is 3. The molecule has 0 spiro atoms. The average molecular weight is 377 g/mol. The Morgan fingerprint density at radius 1 is 1.20 bits per heavy atom. The zero-order valence-corrected chi connectivity index (χ0v) is 15.7. The molecule has 132 valence electrons. The second-order valence-electron chi connectivity index (χ2n) is 6.45. The van der Waals surface area contributed by atoms with Crippen LogP contribution in [0, 0.1) is 13.8 Å². The number of fused-ring (bicyclic) bond motifs is 1. The smallest absolute Gasteiger partial charge is 0.207 e. The van der Waals surface area contributed by atoms with Gasteiger partial charge in [-0.2, -0.15) is 13.9 Å². The maximum Gasteiger partial charge on any atom is 0.243 e. The summed E-state index contributed by atoms with van der Waals surface area (Å²) < 4.78 is 29.2. The van der Waals surface area contributed by atoms with E-state index >= 15 is 0 Å². The van der Waals surface area contributed by atoms with Crippen molar-refractivity contribution in [1.29, 1.82) is 0 Å². The van der Waals surface area contributed by atoms with E-state index < -0.39 is 10.0 Å². The highest BCUT2D eigenvalue weighted by Crippen LogP contribution is 2.33. The first kappa shape index (κ1) is 16.6. The molecule has 1 saturated heterocycles. The number of sulfonamides is 1. The molecular formula is C16H19N5O2S2. The van der Waals surface area contributed by atoms with Crippen LogP contribution in [-0.4, -0.2) is 45.6 Å². The van der Waals surface area contributed by atoms with E-state index in [-0.39, 0.29) is 5.92 Å². The molecule has 0 amide bonds. The summed E-state index contributed by atoms with van der Waals surface area (Å²) in [5.74, 6) is 0.275. The molecule has 1 aliphatic heterocycles. The fraction of sp³-hybridized carbons (Fsp3) is 0.438. The molecule has 0 radical (unpaired) electrons. The Balaban J connectivity index is 1.51. The Bertz CT molecular complexity index is 988. The minimum atomic E-state index is -3.44. The fourth-order valence-electron chi connectivity index (χ4n) is 3.31. The maximum atomic E-state index is 13.0. The number of hydrogen-bond acceptors (Lipinski definition) is 6. The van der Waals surface area contributed by atoms with Gasteiger partial charge in [-0.3, -0.25) is 0 Å². The Morgan fingerprint density at radius 2 is 1.96 bits per heavy atom. The molecule has 1 fully saturated rings. The second kappa shape index (κ2) is 6.15. The summed E-state index contributed by atoms with van der Waals surface area (Å²) in [5, 5.41) is 13.3. The molecule has 0 atom stereocenters. The van der Waals surface area contributed by atoms with Crippen molar-refractivity contribution in [3.8, 4) is 0 Å². The zero-order chi connectivity index (χ0) is 17.6. The van der Waals surface area contributed by atoms with Crippen molar-refractivity contribution in [2.24, 2.45) is 0 Å². The van der Waals surface area contributed by atoms with Crippen molar-refractivity contribution >= 4 is 26.3 Å². The number of aromatic nitrogens is 4. The third-order valence-corrected chi connectivity index (χ3v) is 7.79. The number of aryl methyl sites for hydroxylation is 2. The van der Waals surface area contributed by atoms with Crippen LogP contribution in [0.2, 0.25) is 0 Å². The first-order valence-corrected chi connectivity index (χ1v) is 10.4. The molecule has 0 bridgehead atoms. The van der Waals surface area contributed by atoms with Crippen LogP contribution in [0.25, 0.3) is 4.96 Å². The molecule has 0 unspecified atom stereocenters. The van der Waals surface area contributed by atoms with Gasteiger partial charge in [-0.15, -0.1) is 10.2 Å². The summed E-state index contributed by atoms with van der Waals surface area (Å²) in [7, 11) is -3.44. The second-order valence-corrected chi connectivity index (χ2v) is 9.34. The molecule has 25 heavy (non-hydrogen) atoms. The van der Waals surface area contributed by atoms with Gasteiger partial charge in [0.2, 0.25) is 15.0 Å². The lowest BCUT2D eigenvalue weighted by atomic mass is 9.99. The van der Waals surface area contributed by atoms with Crippen molar-refractivity contribution in [2.45, 2.75) is 37.5 Å². The van der Waals surface area contributed by atoms with Crippen LogP contribution in [0.5, 0.6) is 0 Å². The number of piperidine rings is 1. The Morgan fingerprint density at radius 3 is 2.64 bits per heavy atom. The molecule has 0 saturated carbocycles. The minimum Gasteiger partial charge on any atom is -0.207 e. The predicted octanol–water partition coefficient (Wildman–Crippen LogP) is 2.37. The van der Waals surface area contributed by atoms with E-state index in [1.165, 1.54) is 11.3 Å². The van der Waals surface area contributed by atoms with Gasteiger partial charge in [-0.05, 0) is 38.3 Å². The molecule has 3 aromatic rings. The highest BCUT2D eigenvalue weighted by atomic mass is 32.2. The SMILES string of the molecule is Cc1ccc(S(=O)(=O)N2CCC(c3nn4cnnc4s3)CC2)c(C)c1. The van der Waals surface area contributed by atoms with Crippen LogP contribution >= 0.6 is 11.3 Å². The molecule has 4 rings (SSSR count). The Labute approximate surface area is 150 Å². The van der Waals surface area contributed by atoms with Gasteiger partial charge in [0, 0.05) is 19.0 Å². The van der Waals surface area contributed by atoms with Gasteiger partial charge in [0.05, 0.1) is 4.90 Å². The summed E-state index contributed by atoms with van der Waals surface area (Å²) in [4.78, 5) is 1.19. The standard InChI is InChI=1S/C16H19N5O2S2/c1-11-3-4-14(12(2)9-11)25(22,23)20-7-5-13(6-8-20)15-19-21-10-17-18-16(21)24-15/h3-4,9-10,13H,5-8H2,1-2H3. The summed E-state index contributed by atoms with van der Waals surface area (Å²) >= 11 is 1.53. The molecule has 1 aliphatic rings. The summed E-state index contributed by atoms with van der Waals surface area (Å²) in [6.45, 7) is 4.85. The topological polar surface area (TPSA) is 80.5 Å². The summed E-state index contributed by atoms with van der Waals surface area (Å²) in [6, 6.07) is 5.49. The van der Waals surface area contributed by atoms with E-state index in [1.54, 1.807) is 21.2 Å². The van der Waals surface area contributed by atoms with Gasteiger partial charge in [0.25, 0.3) is 0 Å². The highest BCUT2D eigenvalue weighted by Gasteiger charge is 2.32. The minimum absolute atomic E-state index is 0.275. The molecule has 3 heterocycles. The van der Waals surface area contributed by atoms with Gasteiger partial charge < -0.3 is 0 Å². The van der Waals surface area contributed by atoms with E-state index in [1.807, 2.05) is 26.0 Å². The van der Waals surface area contributed by atoms with Crippen LogP contribution in [0.1, 0.15) is 34.9 Å². The molecule has 7 nitrogen and oxygen atoms in total. The molecule has 2 aromatic heterocycles. The van der Waals surface area contributed by atoms with Crippen molar-refractivity contribution in [3.05, 3.63) is 40.7 Å². The van der Waals surface area contributed by atoms with Gasteiger partial charge in [-0.1, -0.05) is 29.0 Å². The van der Waals surface area contributed by atoms with Gasteiger partial charge in [-0.25, -0.2) is 8.42 Å². The zero-order valence-electron chi connectivity index (χ0n) is 14.1. The lowest BCUT2D eigenvalue weighted by molar-refractivity contribution is 0.318. The van der Waals surface area contributed by atoms with E-state index in [0.29, 0.717) is 18.0 Å². The summed E-state index contributed by atoms with van der Waals surface area (Å²) in [5.41, 5.74) is 1.87. The number of hydrogen-bond donors (Lipinski definition) is 0. The molecular weight excluding hydrogens is 358 g/mol. The quantitative estimate of drug-likeness (QED) is 0.700. The normalized spacial score (nSPS) is 17.4. The Hall–Kier alpha value is -1.84. The van der Waals surface area contributed by atoms with E-state index in [9.17, 15) is 8.42 Å². The molecule has 0 aliphatic carbocycles. The number of benzene rings is 1. The van der Waals surface area contributed by atoms with E-state index in [0.717, 1.165) is 33.9 Å². The van der Waals surface area contributed by atoms with Crippen LogP contribution in [-0.2, 0) is 10.0 Å². The average Bonchev–Trinajstić information content (AvgIpc) is 3.16. The van der Waals surface area contributed by atoms with Crippen LogP contribution in [0.15, 0.2) is 29.4 Å².